The van der Waals surface area contributed by atoms with Crippen molar-refractivity contribution < 1.29 is 4.74 Å². The topological polar surface area (TPSA) is 108 Å². The number of pyridine rings is 2. The van der Waals surface area contributed by atoms with Crippen LogP contribution in [0.25, 0.3) is 22.3 Å². The van der Waals surface area contributed by atoms with Crippen molar-refractivity contribution in [1.29, 1.82) is 0 Å². The van der Waals surface area contributed by atoms with Crippen LogP contribution in [0.4, 0.5) is 17.5 Å². The van der Waals surface area contributed by atoms with Gasteiger partial charge < -0.3 is 15.0 Å². The smallest absolute Gasteiger partial charge is 0.232 e. The van der Waals surface area contributed by atoms with Crippen LogP contribution in [0.3, 0.4) is 0 Å². The van der Waals surface area contributed by atoms with Crippen molar-refractivity contribution in [2.45, 2.75) is 32.0 Å². The van der Waals surface area contributed by atoms with Crippen molar-refractivity contribution in [2.75, 3.05) is 30.4 Å². The predicted molar refractivity (Wildman–Crippen MR) is 155 cm³/mol. The van der Waals surface area contributed by atoms with Gasteiger partial charge in [-0.1, -0.05) is 23.7 Å². The number of aryl methyl sites for hydroxylation is 1. The van der Waals surface area contributed by atoms with Crippen LogP contribution in [0.15, 0.2) is 60.9 Å². The van der Waals surface area contributed by atoms with Crippen LogP contribution in [0.1, 0.15) is 17.7 Å². The summed E-state index contributed by atoms with van der Waals surface area (Å²) in [5.41, 5.74) is 3.80. The number of ether oxygens (including phenoxy) is 1. The highest BCUT2D eigenvalue weighted by Crippen LogP contribution is 2.36. The largest absolute Gasteiger partial charge is 0.480 e. The third-order valence-electron chi connectivity index (χ3n) is 7.65. The van der Waals surface area contributed by atoms with Gasteiger partial charge in [0, 0.05) is 66.8 Å². The van der Waals surface area contributed by atoms with E-state index in [4.69, 9.17) is 31.3 Å². The summed E-state index contributed by atoms with van der Waals surface area (Å²) >= 11 is 6.29. The Kier molecular flexibility index (Phi) is 6.21. The Morgan fingerprint density at radius 1 is 1.05 bits per heavy atom. The Morgan fingerprint density at radius 3 is 2.62 bits per heavy atom. The second kappa shape index (κ2) is 10.0. The summed E-state index contributed by atoms with van der Waals surface area (Å²) in [7, 11) is 1.58. The summed E-state index contributed by atoms with van der Waals surface area (Å²) in [6, 6.07) is 16.9. The van der Waals surface area contributed by atoms with E-state index in [0.29, 0.717) is 40.4 Å². The van der Waals surface area contributed by atoms with Gasteiger partial charge in [0.15, 0.2) is 11.6 Å². The number of para-hydroxylation sites is 1. The minimum atomic E-state index is 0.462. The number of benzene rings is 1. The van der Waals surface area contributed by atoms with E-state index in [1.54, 1.807) is 7.11 Å². The highest BCUT2D eigenvalue weighted by Gasteiger charge is 2.44. The lowest BCUT2D eigenvalue weighted by Crippen LogP contribution is -2.68. The van der Waals surface area contributed by atoms with E-state index >= 15 is 0 Å². The van der Waals surface area contributed by atoms with Crippen LogP contribution >= 0.6 is 11.6 Å². The zero-order valence-corrected chi connectivity index (χ0v) is 22.9. The molecule has 5 aromatic rings. The standard InChI is InChI=1S/C29H28ClN9O/c1-17-9-25(37-36-17)34-28-22-5-3-4-6-24(22)33-27(35-28)19-7-8-26(31-13-19)38-15-20-11-21(16-38)39(20)14-18-10-23(30)29(40-2)32-12-18/h3-10,12-13,20-21H,11,14-16H2,1-2H3,(H2,33,34,35,36,37). The summed E-state index contributed by atoms with van der Waals surface area (Å²) in [6.07, 6.45) is 4.91. The molecular weight excluding hydrogens is 526 g/mol. The number of hydrogen-bond donors (Lipinski definition) is 2. The van der Waals surface area contributed by atoms with E-state index in [0.717, 1.165) is 53.2 Å². The molecule has 3 aliphatic heterocycles. The molecule has 2 bridgehead atoms. The van der Waals surface area contributed by atoms with Gasteiger partial charge in [-0.15, -0.1) is 0 Å². The first-order chi connectivity index (χ1) is 19.5. The molecule has 10 nitrogen and oxygen atoms in total. The Hall–Kier alpha value is -4.28. The number of aromatic amines is 1. The maximum Gasteiger partial charge on any atom is 0.232 e. The molecule has 40 heavy (non-hydrogen) atoms. The van der Waals surface area contributed by atoms with Crippen molar-refractivity contribution in [1.82, 2.24) is 35.0 Å². The highest BCUT2D eigenvalue weighted by molar-refractivity contribution is 6.31. The van der Waals surface area contributed by atoms with E-state index in [9.17, 15) is 0 Å². The van der Waals surface area contributed by atoms with E-state index < -0.39 is 0 Å². The van der Waals surface area contributed by atoms with E-state index in [1.165, 1.54) is 6.42 Å². The molecular formula is C29H28ClN9O. The third kappa shape index (κ3) is 4.59. The van der Waals surface area contributed by atoms with Gasteiger partial charge in [0.1, 0.15) is 16.7 Å². The summed E-state index contributed by atoms with van der Waals surface area (Å²) in [5.74, 6) is 3.47. The Balaban J connectivity index is 1.07. The number of fused-ring (bicyclic) bond motifs is 3. The van der Waals surface area contributed by atoms with Crippen molar-refractivity contribution >= 4 is 40.0 Å². The lowest BCUT2D eigenvalue weighted by molar-refractivity contribution is -0.00876. The maximum atomic E-state index is 6.29. The van der Waals surface area contributed by atoms with Crippen molar-refractivity contribution in [3.63, 3.8) is 0 Å². The summed E-state index contributed by atoms with van der Waals surface area (Å²) < 4.78 is 5.18. The first-order valence-electron chi connectivity index (χ1n) is 13.3. The minimum absolute atomic E-state index is 0.462. The van der Waals surface area contributed by atoms with Gasteiger partial charge in [0.2, 0.25) is 5.88 Å². The molecule has 0 saturated carbocycles. The van der Waals surface area contributed by atoms with E-state index in [-0.39, 0.29) is 0 Å². The van der Waals surface area contributed by atoms with E-state index in [2.05, 4.69) is 42.4 Å². The molecule has 0 amide bonds. The van der Waals surface area contributed by atoms with Crippen LogP contribution in [0.2, 0.25) is 5.02 Å². The second-order valence-electron chi connectivity index (χ2n) is 10.3. The molecule has 8 rings (SSSR count). The van der Waals surface area contributed by atoms with Gasteiger partial charge in [-0.2, -0.15) is 5.10 Å². The molecule has 3 fully saturated rings. The second-order valence-corrected chi connectivity index (χ2v) is 10.7. The minimum Gasteiger partial charge on any atom is -0.480 e. The van der Waals surface area contributed by atoms with Gasteiger partial charge in [0.05, 0.1) is 12.6 Å². The number of rotatable bonds is 7. The molecule has 1 aromatic carbocycles. The van der Waals surface area contributed by atoms with Gasteiger partial charge >= 0.3 is 0 Å². The van der Waals surface area contributed by atoms with Crippen LogP contribution in [-0.2, 0) is 6.54 Å². The molecule has 0 aliphatic carbocycles. The molecule has 4 aromatic heterocycles. The number of H-pyrrole nitrogens is 1. The molecule has 11 heteroatoms. The fourth-order valence-electron chi connectivity index (χ4n) is 5.65. The Bertz CT molecular complexity index is 1680. The number of anilines is 3. The maximum absolute atomic E-state index is 6.29. The number of nitrogens with one attached hydrogen (secondary N) is 2. The van der Waals surface area contributed by atoms with Crippen molar-refractivity contribution in [3.05, 3.63) is 77.2 Å². The first-order valence-corrected chi connectivity index (χ1v) is 13.6. The fraction of sp³-hybridized carbons (Fsp3) is 0.276. The number of aromatic nitrogens is 6. The van der Waals surface area contributed by atoms with Gasteiger partial charge in [-0.3, -0.25) is 10.00 Å². The van der Waals surface area contributed by atoms with Gasteiger partial charge in [-0.05, 0) is 49.2 Å². The molecule has 0 radical (unpaired) electrons. The average Bonchev–Trinajstić information content (AvgIpc) is 3.40. The first kappa shape index (κ1) is 24.7. The number of piperidine rings is 1. The highest BCUT2D eigenvalue weighted by atomic mass is 35.5. The van der Waals surface area contributed by atoms with Gasteiger partial charge in [0.25, 0.3) is 0 Å². The zero-order chi connectivity index (χ0) is 27.2. The molecule has 2 N–H and O–H groups in total. The Labute approximate surface area is 236 Å². The number of halogens is 1. The molecule has 202 valence electrons. The number of nitrogens with zero attached hydrogens (tertiary/aromatic N) is 7. The van der Waals surface area contributed by atoms with Crippen LogP contribution in [0.5, 0.6) is 5.88 Å². The molecule has 2 atom stereocenters. The van der Waals surface area contributed by atoms with Crippen LogP contribution in [-0.4, -0.2) is 67.3 Å². The third-order valence-corrected chi connectivity index (χ3v) is 7.92. The molecule has 0 spiro atoms. The van der Waals surface area contributed by atoms with Crippen molar-refractivity contribution in [2.24, 2.45) is 0 Å². The molecule has 3 aliphatic rings. The summed E-state index contributed by atoms with van der Waals surface area (Å²) in [5, 5.41) is 12.1. The van der Waals surface area contributed by atoms with Crippen LogP contribution < -0.4 is 15.0 Å². The molecule has 2 unspecified atom stereocenters. The predicted octanol–water partition coefficient (Wildman–Crippen LogP) is 4.99. The normalized spacial score (nSPS) is 18.5. The lowest BCUT2D eigenvalue weighted by atomic mass is 9.87. The summed E-state index contributed by atoms with van der Waals surface area (Å²) in [4.78, 5) is 23.7. The van der Waals surface area contributed by atoms with Crippen LogP contribution in [0, 0.1) is 6.92 Å². The molecule has 7 heterocycles. The zero-order valence-electron chi connectivity index (χ0n) is 22.2. The SMILES string of the molecule is COc1ncc(CN2C3CC2CN(c2ccc(-c4nc(Nc5cc(C)[nH]n5)c5ccccc5n4)cn2)C3)cc1Cl. The van der Waals surface area contributed by atoms with E-state index in [1.807, 2.05) is 55.7 Å². The molecule has 3 saturated heterocycles. The monoisotopic (exact) mass is 553 g/mol. The quantitative estimate of drug-likeness (QED) is 0.288. The average molecular weight is 554 g/mol. The van der Waals surface area contributed by atoms with Crippen molar-refractivity contribution in [3.8, 4) is 17.3 Å². The number of methoxy groups -OCH3 is 1. The number of hydrogen-bond acceptors (Lipinski definition) is 9. The Morgan fingerprint density at radius 2 is 1.90 bits per heavy atom. The summed E-state index contributed by atoms with van der Waals surface area (Å²) in [6.45, 7) is 4.67. The van der Waals surface area contributed by atoms with Gasteiger partial charge in [-0.25, -0.2) is 19.9 Å². The lowest BCUT2D eigenvalue weighted by Gasteiger charge is -2.56. The fourth-order valence-corrected chi connectivity index (χ4v) is 5.92. The number of piperazine rings is 1.